The Morgan fingerprint density at radius 1 is 1.11 bits per heavy atom. The molecule has 1 aliphatic rings. The Kier molecular flexibility index (Phi) is 6.78. The van der Waals surface area contributed by atoms with E-state index in [9.17, 15) is 15.0 Å². The Labute approximate surface area is 157 Å². The summed E-state index contributed by atoms with van der Waals surface area (Å²) < 4.78 is 15.9. The lowest BCUT2D eigenvalue weighted by atomic mass is 10.0. The third-order valence-corrected chi connectivity index (χ3v) is 4.18. The average Bonchev–Trinajstić information content (AvgIpc) is 3.25. The Bertz CT molecular complexity index is 732. The zero-order valence-electron chi connectivity index (χ0n) is 14.8. The number of rotatable bonds is 7. The normalized spacial score (nSPS) is 16.7. The molecular formula is C20H23NO6. The van der Waals surface area contributed by atoms with E-state index in [1.165, 1.54) is 0 Å². The van der Waals surface area contributed by atoms with Crippen molar-refractivity contribution in [3.8, 4) is 0 Å². The molecule has 2 aromatic carbocycles. The molecule has 1 amide bonds. The summed E-state index contributed by atoms with van der Waals surface area (Å²) in [5.74, 6) is 0. The summed E-state index contributed by atoms with van der Waals surface area (Å²) in [6.45, 7) is 1.04. The first-order valence-corrected chi connectivity index (χ1v) is 8.77. The van der Waals surface area contributed by atoms with E-state index in [0.29, 0.717) is 18.8 Å². The van der Waals surface area contributed by atoms with Crippen LogP contribution in [0.5, 0.6) is 0 Å². The number of alkyl carbamates (subject to hydrolysis) is 1. The fourth-order valence-corrected chi connectivity index (χ4v) is 2.74. The van der Waals surface area contributed by atoms with Gasteiger partial charge in [0.15, 0.2) is 6.29 Å². The summed E-state index contributed by atoms with van der Waals surface area (Å²) in [4.78, 5) is 11.7. The molecule has 0 saturated carbocycles. The summed E-state index contributed by atoms with van der Waals surface area (Å²) >= 11 is 0. The van der Waals surface area contributed by atoms with Gasteiger partial charge in [0.2, 0.25) is 0 Å². The highest BCUT2D eigenvalue weighted by Crippen LogP contribution is 2.26. The van der Waals surface area contributed by atoms with E-state index in [2.05, 4.69) is 5.32 Å². The first-order valence-electron chi connectivity index (χ1n) is 8.77. The minimum absolute atomic E-state index is 0.134. The van der Waals surface area contributed by atoms with Gasteiger partial charge in [0.25, 0.3) is 0 Å². The molecule has 1 heterocycles. The lowest BCUT2D eigenvalue weighted by Gasteiger charge is -2.20. The molecule has 0 radical (unpaired) electrons. The van der Waals surface area contributed by atoms with E-state index < -0.39 is 24.6 Å². The van der Waals surface area contributed by atoms with Crippen molar-refractivity contribution in [3.63, 3.8) is 0 Å². The van der Waals surface area contributed by atoms with E-state index in [4.69, 9.17) is 14.2 Å². The van der Waals surface area contributed by atoms with Crippen molar-refractivity contribution in [1.29, 1.82) is 0 Å². The largest absolute Gasteiger partial charge is 0.445 e. The van der Waals surface area contributed by atoms with Crippen LogP contribution in [0, 0.1) is 0 Å². The molecular weight excluding hydrogens is 350 g/mol. The number of ether oxygens (including phenoxy) is 3. The van der Waals surface area contributed by atoms with Gasteiger partial charge in [0.1, 0.15) is 18.8 Å². The maximum atomic E-state index is 11.7. The highest BCUT2D eigenvalue weighted by Gasteiger charge is 2.23. The zero-order chi connectivity index (χ0) is 19.1. The highest BCUT2D eigenvalue weighted by molar-refractivity contribution is 5.67. The number of benzene rings is 2. The first-order chi connectivity index (χ1) is 13.1. The predicted octanol–water partition coefficient (Wildman–Crippen LogP) is 2.05. The molecule has 1 aliphatic heterocycles. The lowest BCUT2D eigenvalue weighted by molar-refractivity contribution is -0.0444. The van der Waals surface area contributed by atoms with Crippen molar-refractivity contribution in [1.82, 2.24) is 5.32 Å². The molecule has 1 saturated heterocycles. The van der Waals surface area contributed by atoms with Gasteiger partial charge in [-0.3, -0.25) is 0 Å². The smallest absolute Gasteiger partial charge is 0.407 e. The van der Waals surface area contributed by atoms with Gasteiger partial charge in [0, 0.05) is 12.1 Å². The molecule has 3 N–H and O–H groups in total. The maximum absolute atomic E-state index is 11.7. The highest BCUT2D eigenvalue weighted by atomic mass is 16.7. The molecule has 2 atom stereocenters. The molecule has 0 aromatic heterocycles. The Balaban J connectivity index is 1.48. The van der Waals surface area contributed by atoms with Gasteiger partial charge < -0.3 is 29.7 Å². The van der Waals surface area contributed by atoms with Crippen molar-refractivity contribution in [3.05, 3.63) is 71.3 Å². The van der Waals surface area contributed by atoms with Crippen LogP contribution in [0.1, 0.15) is 29.1 Å². The van der Waals surface area contributed by atoms with Crippen LogP contribution in [0.2, 0.25) is 0 Å². The molecule has 0 bridgehead atoms. The van der Waals surface area contributed by atoms with Crippen LogP contribution in [0.3, 0.4) is 0 Å². The van der Waals surface area contributed by atoms with Crippen LogP contribution in [0.25, 0.3) is 0 Å². The summed E-state index contributed by atoms with van der Waals surface area (Å²) in [5, 5.41) is 23.0. The Morgan fingerprint density at radius 3 is 2.59 bits per heavy atom. The van der Waals surface area contributed by atoms with Crippen LogP contribution >= 0.6 is 0 Å². The zero-order valence-corrected chi connectivity index (χ0v) is 14.8. The van der Waals surface area contributed by atoms with Crippen molar-refractivity contribution < 1.29 is 29.2 Å². The minimum Gasteiger partial charge on any atom is -0.445 e. The van der Waals surface area contributed by atoms with E-state index >= 15 is 0 Å². The van der Waals surface area contributed by atoms with Gasteiger partial charge in [-0.25, -0.2) is 4.79 Å². The molecule has 2 aromatic rings. The van der Waals surface area contributed by atoms with Crippen molar-refractivity contribution >= 4 is 6.09 Å². The summed E-state index contributed by atoms with van der Waals surface area (Å²) in [6.07, 6.45) is -3.47. The summed E-state index contributed by atoms with van der Waals surface area (Å²) in [6, 6.07) is 16.3. The molecule has 144 valence electrons. The number of hydrogen-bond donors (Lipinski definition) is 3. The van der Waals surface area contributed by atoms with E-state index in [1.807, 2.05) is 36.4 Å². The third kappa shape index (κ3) is 5.51. The fourth-order valence-electron chi connectivity index (χ4n) is 2.74. The van der Waals surface area contributed by atoms with Crippen molar-refractivity contribution in [2.45, 2.75) is 25.1 Å². The molecule has 27 heavy (non-hydrogen) atoms. The molecule has 7 nitrogen and oxygen atoms in total. The molecule has 1 fully saturated rings. The van der Waals surface area contributed by atoms with Gasteiger partial charge in [-0.15, -0.1) is 0 Å². The van der Waals surface area contributed by atoms with Crippen LogP contribution < -0.4 is 5.32 Å². The maximum Gasteiger partial charge on any atom is 0.407 e. The number of hydrogen-bond acceptors (Lipinski definition) is 6. The first kappa shape index (κ1) is 19.3. The average molecular weight is 373 g/mol. The van der Waals surface area contributed by atoms with Gasteiger partial charge in [-0.2, -0.15) is 0 Å². The SMILES string of the molecule is O=C(NCC(O)C(O)c1cccc(C2OCCO2)c1)OCc1ccccc1. The quantitative estimate of drug-likeness (QED) is 0.687. The molecule has 2 unspecified atom stereocenters. The predicted molar refractivity (Wildman–Crippen MR) is 96.7 cm³/mol. The van der Waals surface area contributed by atoms with Crippen molar-refractivity contribution in [2.24, 2.45) is 0 Å². The molecule has 0 spiro atoms. The second kappa shape index (κ2) is 9.48. The minimum atomic E-state index is -1.19. The van der Waals surface area contributed by atoms with Crippen LogP contribution in [-0.2, 0) is 20.8 Å². The lowest BCUT2D eigenvalue weighted by Crippen LogP contribution is -2.35. The van der Waals surface area contributed by atoms with Crippen LogP contribution in [0.4, 0.5) is 4.79 Å². The van der Waals surface area contributed by atoms with Gasteiger partial charge >= 0.3 is 6.09 Å². The third-order valence-electron chi connectivity index (χ3n) is 4.18. The summed E-state index contributed by atoms with van der Waals surface area (Å²) in [7, 11) is 0. The monoisotopic (exact) mass is 373 g/mol. The number of amides is 1. The van der Waals surface area contributed by atoms with E-state index in [0.717, 1.165) is 11.1 Å². The number of carbonyl (C=O) groups excluding carboxylic acids is 1. The second-order valence-corrected chi connectivity index (χ2v) is 6.20. The number of nitrogens with one attached hydrogen (secondary N) is 1. The van der Waals surface area contributed by atoms with E-state index in [-0.39, 0.29) is 13.2 Å². The molecule has 7 heteroatoms. The standard InChI is InChI=1S/C20H23NO6/c22-17(12-21-20(24)27-13-14-5-2-1-3-6-14)18(23)15-7-4-8-16(11-15)19-25-9-10-26-19/h1-8,11,17-19,22-23H,9-10,12-13H2,(H,21,24). The second-order valence-electron chi connectivity index (χ2n) is 6.20. The number of aliphatic hydroxyl groups is 2. The Morgan fingerprint density at radius 2 is 1.85 bits per heavy atom. The molecule has 3 rings (SSSR count). The summed E-state index contributed by atoms with van der Waals surface area (Å²) in [5.41, 5.74) is 2.14. The topological polar surface area (TPSA) is 97.3 Å². The van der Waals surface area contributed by atoms with Gasteiger partial charge in [0.05, 0.1) is 13.2 Å². The number of carbonyl (C=O) groups is 1. The van der Waals surface area contributed by atoms with Crippen LogP contribution in [-0.4, -0.2) is 42.2 Å². The van der Waals surface area contributed by atoms with Gasteiger partial charge in [-0.05, 0) is 17.2 Å². The van der Waals surface area contributed by atoms with Crippen molar-refractivity contribution in [2.75, 3.05) is 19.8 Å². The van der Waals surface area contributed by atoms with E-state index in [1.54, 1.807) is 18.2 Å². The Hall–Kier alpha value is -2.45. The van der Waals surface area contributed by atoms with Crippen LogP contribution in [0.15, 0.2) is 54.6 Å². The van der Waals surface area contributed by atoms with Gasteiger partial charge in [-0.1, -0.05) is 48.5 Å². The molecule has 0 aliphatic carbocycles. The fraction of sp³-hybridized carbons (Fsp3) is 0.350. The number of aliphatic hydroxyl groups excluding tert-OH is 2.